The fourth-order valence-corrected chi connectivity index (χ4v) is 2.52. The van der Waals surface area contributed by atoms with E-state index in [-0.39, 0.29) is 5.91 Å². The number of nitrogens with zero attached hydrogens (tertiary/aromatic N) is 4. The van der Waals surface area contributed by atoms with Crippen molar-refractivity contribution in [2.45, 2.75) is 32.8 Å². The normalized spacial score (nSPS) is 11.4. The summed E-state index contributed by atoms with van der Waals surface area (Å²) in [4.78, 5) is 23.2. The van der Waals surface area contributed by atoms with Gasteiger partial charge in [0, 0.05) is 43.7 Å². The average Bonchev–Trinajstić information content (AvgIpc) is 2.68. The van der Waals surface area contributed by atoms with Gasteiger partial charge in [-0.15, -0.1) is 0 Å². The number of hydrogen-bond donors (Lipinski definition) is 3. The second-order valence-electron chi connectivity index (χ2n) is 6.68. The lowest BCUT2D eigenvalue weighted by Gasteiger charge is -2.22. The third-order valence-electron chi connectivity index (χ3n) is 4.18. The maximum absolute atomic E-state index is 13.0. The van der Waals surface area contributed by atoms with E-state index in [9.17, 15) is 9.90 Å². The van der Waals surface area contributed by atoms with Crippen LogP contribution in [0.15, 0.2) is 41.8 Å². The predicted molar refractivity (Wildman–Crippen MR) is 110 cm³/mol. The average molecular weight is 382 g/mol. The van der Waals surface area contributed by atoms with Crippen molar-refractivity contribution in [2.75, 3.05) is 18.5 Å². The Bertz CT molecular complexity index is 827. The number of aromatic nitrogens is 2. The molecule has 8 nitrogen and oxygen atoms in total. The van der Waals surface area contributed by atoms with E-state index < -0.39 is 5.60 Å². The van der Waals surface area contributed by atoms with Gasteiger partial charge in [0.15, 0.2) is 0 Å². The predicted octanol–water partition coefficient (Wildman–Crippen LogP) is 2.46. The van der Waals surface area contributed by atoms with E-state index >= 15 is 0 Å². The quantitative estimate of drug-likeness (QED) is 0.455. The molecule has 0 bridgehead atoms. The third kappa shape index (κ3) is 5.68. The molecule has 0 aliphatic carbocycles. The molecule has 0 aliphatic rings. The van der Waals surface area contributed by atoms with E-state index in [4.69, 9.17) is 5.41 Å². The zero-order valence-electron chi connectivity index (χ0n) is 16.4. The highest BCUT2D eigenvalue weighted by Gasteiger charge is 2.19. The molecule has 0 aliphatic heterocycles. The van der Waals surface area contributed by atoms with Crippen molar-refractivity contribution in [1.29, 1.82) is 5.41 Å². The van der Waals surface area contributed by atoms with Gasteiger partial charge in [-0.05, 0) is 32.9 Å². The largest absolute Gasteiger partial charge is 0.386 e. The van der Waals surface area contributed by atoms with Gasteiger partial charge in [-0.1, -0.05) is 12.1 Å². The highest BCUT2D eigenvalue weighted by molar-refractivity contribution is 6.14. The minimum absolute atomic E-state index is 0.122. The summed E-state index contributed by atoms with van der Waals surface area (Å²) in [5, 5.41) is 20.8. The number of para-hydroxylation sites is 1. The summed E-state index contributed by atoms with van der Waals surface area (Å²) in [6.07, 6.45) is 6.09. The highest BCUT2D eigenvalue weighted by Crippen LogP contribution is 2.19. The van der Waals surface area contributed by atoms with Crippen molar-refractivity contribution in [3.8, 4) is 0 Å². The Morgan fingerprint density at radius 2 is 2.00 bits per heavy atom. The second kappa shape index (κ2) is 9.70. The van der Waals surface area contributed by atoms with Crippen molar-refractivity contribution in [3.63, 3.8) is 0 Å². The van der Waals surface area contributed by atoms with Gasteiger partial charge in [0.05, 0.1) is 23.1 Å². The van der Waals surface area contributed by atoms with Crippen LogP contribution in [0.1, 0.15) is 42.5 Å². The fraction of sp³-hybridized carbons (Fsp3) is 0.350. The Morgan fingerprint density at radius 3 is 2.61 bits per heavy atom. The molecule has 1 heterocycles. The maximum atomic E-state index is 13.0. The van der Waals surface area contributed by atoms with Crippen LogP contribution in [0, 0.1) is 5.41 Å². The molecule has 2 rings (SSSR count). The van der Waals surface area contributed by atoms with Crippen LogP contribution in [0.3, 0.4) is 0 Å². The van der Waals surface area contributed by atoms with Crippen LogP contribution in [0.5, 0.6) is 0 Å². The van der Waals surface area contributed by atoms with E-state index in [1.807, 2.05) is 13.0 Å². The number of nitrogens with one attached hydrogen (secondary N) is 2. The summed E-state index contributed by atoms with van der Waals surface area (Å²) in [6.45, 7) is 6.29. The van der Waals surface area contributed by atoms with E-state index in [0.717, 1.165) is 6.21 Å². The first-order chi connectivity index (χ1) is 13.4. The number of hydrazone groups is 1. The number of rotatable bonds is 9. The lowest BCUT2D eigenvalue weighted by atomic mass is 10.0. The molecule has 148 valence electrons. The lowest BCUT2D eigenvalue weighted by molar-refractivity contribution is 0.0766. The monoisotopic (exact) mass is 382 g/mol. The van der Waals surface area contributed by atoms with Gasteiger partial charge in [-0.3, -0.25) is 10.2 Å². The minimum Gasteiger partial charge on any atom is -0.386 e. The van der Waals surface area contributed by atoms with Crippen LogP contribution < -0.4 is 5.43 Å². The SMILES string of the molecule is CCN(CCc1ncc(C(C)(C)O)cn1)C(=O)c1ccccc1N/N=C\C=N. The first-order valence-corrected chi connectivity index (χ1v) is 9.07. The third-order valence-corrected chi connectivity index (χ3v) is 4.18. The summed E-state index contributed by atoms with van der Waals surface area (Å²) in [5.41, 5.74) is 3.53. The molecule has 8 heteroatoms. The molecular formula is C20H26N6O2. The lowest BCUT2D eigenvalue weighted by Crippen LogP contribution is -2.33. The molecule has 0 fully saturated rings. The molecule has 0 saturated heterocycles. The summed E-state index contributed by atoms with van der Waals surface area (Å²) in [5.74, 6) is 0.491. The maximum Gasteiger partial charge on any atom is 0.256 e. The zero-order valence-corrected chi connectivity index (χ0v) is 16.4. The number of carbonyl (C=O) groups is 1. The molecule has 3 N–H and O–H groups in total. The smallest absolute Gasteiger partial charge is 0.256 e. The molecule has 0 spiro atoms. The summed E-state index contributed by atoms with van der Waals surface area (Å²) in [7, 11) is 0. The van der Waals surface area contributed by atoms with Crippen LogP contribution in [0.4, 0.5) is 5.69 Å². The van der Waals surface area contributed by atoms with Gasteiger partial charge in [0.1, 0.15) is 5.82 Å². The van der Waals surface area contributed by atoms with Crippen molar-refractivity contribution in [1.82, 2.24) is 14.9 Å². The molecule has 1 amide bonds. The highest BCUT2D eigenvalue weighted by atomic mass is 16.3. The second-order valence-corrected chi connectivity index (χ2v) is 6.68. The number of carbonyl (C=O) groups excluding carboxylic acids is 1. The van der Waals surface area contributed by atoms with Crippen LogP contribution in [0.2, 0.25) is 0 Å². The molecule has 1 aromatic carbocycles. The molecule has 2 aromatic rings. The number of aliphatic hydroxyl groups is 1. The molecule has 28 heavy (non-hydrogen) atoms. The Hall–Kier alpha value is -3.13. The topological polar surface area (TPSA) is 115 Å². The molecule has 0 unspecified atom stereocenters. The summed E-state index contributed by atoms with van der Waals surface area (Å²) < 4.78 is 0. The number of hydrogen-bond acceptors (Lipinski definition) is 7. The van der Waals surface area contributed by atoms with Crippen LogP contribution >= 0.6 is 0 Å². The Labute approximate surface area is 164 Å². The molecule has 1 aromatic heterocycles. The Balaban J connectivity index is 2.08. The van der Waals surface area contributed by atoms with Crippen molar-refractivity contribution >= 4 is 24.0 Å². The summed E-state index contributed by atoms with van der Waals surface area (Å²) in [6, 6.07) is 7.11. The Morgan fingerprint density at radius 1 is 1.32 bits per heavy atom. The van der Waals surface area contributed by atoms with Gasteiger partial charge in [-0.2, -0.15) is 5.10 Å². The van der Waals surface area contributed by atoms with Crippen molar-refractivity contribution in [2.24, 2.45) is 5.10 Å². The number of benzene rings is 1. The molecular weight excluding hydrogens is 356 g/mol. The van der Waals surface area contributed by atoms with E-state index in [1.165, 1.54) is 6.21 Å². The number of anilines is 1. The molecule has 0 saturated carbocycles. The van der Waals surface area contributed by atoms with E-state index in [0.29, 0.717) is 42.1 Å². The van der Waals surface area contributed by atoms with Gasteiger partial charge in [-0.25, -0.2) is 9.97 Å². The Kier molecular flexibility index (Phi) is 7.34. The van der Waals surface area contributed by atoms with Crippen LogP contribution in [-0.2, 0) is 12.0 Å². The van der Waals surface area contributed by atoms with Gasteiger partial charge >= 0.3 is 0 Å². The van der Waals surface area contributed by atoms with Gasteiger partial charge in [0.2, 0.25) is 0 Å². The van der Waals surface area contributed by atoms with E-state index in [1.54, 1.807) is 49.3 Å². The van der Waals surface area contributed by atoms with Crippen LogP contribution in [0.25, 0.3) is 0 Å². The van der Waals surface area contributed by atoms with Crippen molar-refractivity contribution in [3.05, 3.63) is 53.6 Å². The van der Waals surface area contributed by atoms with Gasteiger partial charge < -0.3 is 15.4 Å². The number of likely N-dealkylation sites (N-methyl/N-ethyl adjacent to an activating group) is 1. The molecule has 0 atom stereocenters. The summed E-state index contributed by atoms with van der Waals surface area (Å²) >= 11 is 0. The molecule has 0 radical (unpaired) electrons. The first kappa shape index (κ1) is 21.2. The van der Waals surface area contributed by atoms with Crippen LogP contribution in [-0.4, -0.2) is 51.4 Å². The zero-order chi connectivity index (χ0) is 20.6. The van der Waals surface area contributed by atoms with Crippen molar-refractivity contribution < 1.29 is 9.90 Å². The fourth-order valence-electron chi connectivity index (χ4n) is 2.52. The van der Waals surface area contributed by atoms with E-state index in [2.05, 4.69) is 20.5 Å². The standard InChI is InChI=1S/C20H26N6O2/c1-4-26(12-9-18-22-13-15(14-23-18)20(2,3)28)19(27)16-7-5-6-8-17(16)25-24-11-10-21/h5-8,10-11,13-14,21,25,28H,4,9,12H2,1-3H3/b21-10?,24-11-. The first-order valence-electron chi connectivity index (χ1n) is 9.07. The number of amides is 1. The minimum atomic E-state index is -0.985. The van der Waals surface area contributed by atoms with Gasteiger partial charge in [0.25, 0.3) is 5.91 Å².